The van der Waals surface area contributed by atoms with Gasteiger partial charge in [0.05, 0.1) is 19.3 Å². The molecule has 1 amide bonds. The fraction of sp³-hybridized carbons (Fsp3) is 0.409. The molecular weight excluding hydrogens is 391 g/mol. The number of hydrogen-bond acceptors (Lipinski definition) is 5. The summed E-state index contributed by atoms with van der Waals surface area (Å²) >= 11 is 1.69. The second-order valence-electron chi connectivity index (χ2n) is 7.48. The third-order valence-electron chi connectivity index (χ3n) is 5.39. The van der Waals surface area contributed by atoms with Crippen LogP contribution in [0.5, 0.6) is 5.75 Å². The Kier molecular flexibility index (Phi) is 6.37. The van der Waals surface area contributed by atoms with Crippen molar-refractivity contribution in [3.63, 3.8) is 0 Å². The maximum Gasteiger partial charge on any atom is 0.240 e. The highest BCUT2D eigenvalue weighted by Crippen LogP contribution is 2.34. The molecule has 0 bridgehead atoms. The van der Waals surface area contributed by atoms with Crippen LogP contribution < -0.4 is 0 Å². The summed E-state index contributed by atoms with van der Waals surface area (Å²) in [4.78, 5) is 18.3. The van der Waals surface area contributed by atoms with Crippen LogP contribution in [0, 0.1) is 5.82 Å². The minimum absolute atomic E-state index is 0.149. The number of amides is 1. The number of aromatic hydroxyl groups is 1. The lowest BCUT2D eigenvalue weighted by Gasteiger charge is -2.32. The van der Waals surface area contributed by atoms with Crippen LogP contribution in [0.2, 0.25) is 0 Å². The molecule has 0 spiro atoms. The summed E-state index contributed by atoms with van der Waals surface area (Å²) < 4.78 is 18.6. The molecule has 2 aliphatic rings. The number of phenolic OH excluding ortho intramolecular Hbond substituents is 1. The molecule has 2 aromatic carbocycles. The maximum absolute atomic E-state index is 13.2. The van der Waals surface area contributed by atoms with Gasteiger partial charge in [-0.2, -0.15) is 0 Å². The first-order valence-corrected chi connectivity index (χ1v) is 10.8. The second kappa shape index (κ2) is 9.15. The number of benzene rings is 2. The molecule has 7 heteroatoms. The van der Waals surface area contributed by atoms with Gasteiger partial charge >= 0.3 is 0 Å². The molecule has 4 rings (SSSR count). The van der Waals surface area contributed by atoms with Crippen LogP contribution in [0.3, 0.4) is 0 Å². The number of halogens is 1. The molecule has 0 radical (unpaired) electrons. The van der Waals surface area contributed by atoms with Crippen molar-refractivity contribution < 1.29 is 19.0 Å². The van der Waals surface area contributed by atoms with Gasteiger partial charge < -0.3 is 14.7 Å². The van der Waals surface area contributed by atoms with Crippen molar-refractivity contribution in [3.8, 4) is 5.75 Å². The Labute approximate surface area is 174 Å². The van der Waals surface area contributed by atoms with Crippen LogP contribution in [-0.2, 0) is 16.1 Å². The summed E-state index contributed by atoms with van der Waals surface area (Å²) in [5.74, 6) is 0.136. The monoisotopic (exact) mass is 416 g/mol. The summed E-state index contributed by atoms with van der Waals surface area (Å²) in [6.45, 7) is 3.79. The summed E-state index contributed by atoms with van der Waals surface area (Å²) in [6, 6.07) is 13.5. The van der Waals surface area contributed by atoms with Crippen molar-refractivity contribution in [1.82, 2.24) is 9.80 Å². The molecule has 2 aliphatic heterocycles. The number of phenols is 1. The number of nitrogens with zero attached hydrogens (tertiary/aromatic N) is 2. The summed E-state index contributed by atoms with van der Waals surface area (Å²) in [5, 5.41) is 10.0. The number of morpholine rings is 1. The molecule has 2 heterocycles. The quantitative estimate of drug-likeness (QED) is 0.812. The Morgan fingerprint density at radius 2 is 1.93 bits per heavy atom. The van der Waals surface area contributed by atoms with Crippen molar-refractivity contribution in [2.24, 2.45) is 0 Å². The number of likely N-dealkylation sites (tertiary alicyclic amines) is 1. The first kappa shape index (κ1) is 20.2. The number of thioether (sulfide) groups is 1. The Hall–Kier alpha value is -2.09. The predicted molar refractivity (Wildman–Crippen MR) is 110 cm³/mol. The van der Waals surface area contributed by atoms with Gasteiger partial charge in [0.1, 0.15) is 11.6 Å². The zero-order chi connectivity index (χ0) is 20.2. The highest BCUT2D eigenvalue weighted by atomic mass is 32.2. The van der Waals surface area contributed by atoms with E-state index in [-0.39, 0.29) is 28.8 Å². The van der Waals surface area contributed by atoms with E-state index in [1.54, 1.807) is 36.0 Å². The van der Waals surface area contributed by atoms with Gasteiger partial charge in [0.25, 0.3) is 0 Å². The lowest BCUT2D eigenvalue weighted by atomic mass is 10.1. The number of carbonyl (C=O) groups excluding carboxylic acids is 1. The van der Waals surface area contributed by atoms with Gasteiger partial charge in [0.2, 0.25) is 5.91 Å². The molecule has 2 aromatic rings. The maximum atomic E-state index is 13.2. The van der Waals surface area contributed by atoms with Crippen molar-refractivity contribution >= 4 is 17.7 Å². The summed E-state index contributed by atoms with van der Waals surface area (Å²) in [6.07, 6.45) is 0.747. The molecule has 2 atom stereocenters. The second-order valence-corrected chi connectivity index (χ2v) is 8.86. The van der Waals surface area contributed by atoms with Crippen molar-refractivity contribution in [2.75, 3.05) is 32.8 Å². The van der Waals surface area contributed by atoms with E-state index in [0.29, 0.717) is 32.8 Å². The molecule has 5 nitrogen and oxygen atoms in total. The van der Waals surface area contributed by atoms with E-state index in [4.69, 9.17) is 4.74 Å². The molecule has 0 saturated carbocycles. The zero-order valence-corrected chi connectivity index (χ0v) is 17.0. The number of ether oxygens (including phenoxy) is 1. The minimum Gasteiger partial charge on any atom is -0.508 e. The molecule has 29 heavy (non-hydrogen) atoms. The molecular formula is C22H25FN2O3S. The Bertz CT molecular complexity index is 842. The molecule has 2 saturated heterocycles. The normalized spacial score (nSPS) is 22.7. The van der Waals surface area contributed by atoms with E-state index in [2.05, 4.69) is 4.90 Å². The van der Waals surface area contributed by atoms with Gasteiger partial charge in [0, 0.05) is 36.3 Å². The van der Waals surface area contributed by atoms with E-state index >= 15 is 0 Å². The standard InChI is InChI=1S/C22H25FN2O3S/c23-17-4-6-19(7-5-17)29-20-13-21(22(27)24-8-10-28-11-9-24)25(15-20)14-16-2-1-3-18(26)12-16/h1-7,12,20-21,26H,8-11,13-15H2/t20-,21+/m1/s1. The number of rotatable bonds is 5. The Morgan fingerprint density at radius 3 is 2.66 bits per heavy atom. The number of hydrogen-bond donors (Lipinski definition) is 1. The highest BCUT2D eigenvalue weighted by Gasteiger charge is 2.39. The van der Waals surface area contributed by atoms with Gasteiger partial charge in [-0.05, 0) is 48.4 Å². The molecule has 154 valence electrons. The SMILES string of the molecule is O=C([C@@H]1C[C@@H](Sc2ccc(F)cc2)CN1Cc1cccc(O)c1)N1CCOCC1. The van der Waals surface area contributed by atoms with E-state index in [0.717, 1.165) is 23.4 Å². The van der Waals surface area contributed by atoms with Crippen LogP contribution in [0.4, 0.5) is 4.39 Å². The van der Waals surface area contributed by atoms with E-state index in [1.165, 1.54) is 12.1 Å². The van der Waals surface area contributed by atoms with Crippen molar-refractivity contribution in [1.29, 1.82) is 0 Å². The predicted octanol–water partition coefficient (Wildman–Crippen LogP) is 3.13. The van der Waals surface area contributed by atoms with Gasteiger partial charge in [-0.25, -0.2) is 4.39 Å². The van der Waals surface area contributed by atoms with E-state index in [1.807, 2.05) is 17.0 Å². The average molecular weight is 417 g/mol. The molecule has 0 aliphatic carbocycles. The zero-order valence-electron chi connectivity index (χ0n) is 16.2. The van der Waals surface area contributed by atoms with Crippen LogP contribution in [0.25, 0.3) is 0 Å². The summed E-state index contributed by atoms with van der Waals surface area (Å²) in [7, 11) is 0. The van der Waals surface area contributed by atoms with Crippen LogP contribution in [0.1, 0.15) is 12.0 Å². The van der Waals surface area contributed by atoms with Crippen molar-refractivity contribution in [2.45, 2.75) is 29.2 Å². The lowest BCUT2D eigenvalue weighted by molar-refractivity contribution is -0.140. The van der Waals surface area contributed by atoms with Crippen molar-refractivity contribution in [3.05, 3.63) is 59.9 Å². The van der Waals surface area contributed by atoms with E-state index < -0.39 is 0 Å². The van der Waals surface area contributed by atoms with Gasteiger partial charge in [0.15, 0.2) is 0 Å². The highest BCUT2D eigenvalue weighted by molar-refractivity contribution is 8.00. The van der Waals surface area contributed by atoms with Gasteiger partial charge in [-0.15, -0.1) is 11.8 Å². The molecule has 1 N–H and O–H groups in total. The molecule has 2 fully saturated rings. The number of carbonyl (C=O) groups is 1. The van der Waals surface area contributed by atoms with Gasteiger partial charge in [-0.3, -0.25) is 9.69 Å². The first-order chi connectivity index (χ1) is 14.1. The van der Waals surface area contributed by atoms with E-state index in [9.17, 15) is 14.3 Å². The fourth-order valence-electron chi connectivity index (χ4n) is 3.97. The minimum atomic E-state index is -0.244. The third-order valence-corrected chi connectivity index (χ3v) is 6.60. The smallest absolute Gasteiger partial charge is 0.240 e. The van der Waals surface area contributed by atoms with Crippen LogP contribution >= 0.6 is 11.8 Å². The fourth-order valence-corrected chi connectivity index (χ4v) is 5.19. The lowest BCUT2D eigenvalue weighted by Crippen LogP contribution is -2.49. The Morgan fingerprint density at radius 1 is 1.17 bits per heavy atom. The first-order valence-electron chi connectivity index (χ1n) is 9.89. The van der Waals surface area contributed by atoms with Gasteiger partial charge in [-0.1, -0.05) is 12.1 Å². The molecule has 0 aromatic heterocycles. The Balaban J connectivity index is 1.50. The topological polar surface area (TPSA) is 53.0 Å². The van der Waals surface area contributed by atoms with Crippen LogP contribution in [-0.4, -0.2) is 65.0 Å². The van der Waals surface area contributed by atoms with Crippen LogP contribution in [0.15, 0.2) is 53.4 Å². The third kappa shape index (κ3) is 5.10. The average Bonchev–Trinajstić information content (AvgIpc) is 3.12. The molecule has 0 unspecified atom stereocenters. The summed E-state index contributed by atoms with van der Waals surface area (Å²) in [5.41, 5.74) is 0.984. The largest absolute Gasteiger partial charge is 0.508 e.